The van der Waals surface area contributed by atoms with Crippen LogP contribution in [0.4, 0.5) is 0 Å². The highest BCUT2D eigenvalue weighted by molar-refractivity contribution is 6.34. The molecule has 0 aliphatic heterocycles. The topological polar surface area (TPSA) is 49.4 Å². The molecule has 26 heavy (non-hydrogen) atoms. The van der Waals surface area contributed by atoms with Crippen molar-refractivity contribution in [1.29, 1.82) is 0 Å². The molecule has 2 aromatic rings. The van der Waals surface area contributed by atoms with Gasteiger partial charge in [-0.15, -0.1) is 0 Å². The first-order chi connectivity index (χ1) is 12.4. The molecule has 0 aromatic heterocycles. The fourth-order valence-corrected chi connectivity index (χ4v) is 2.98. The zero-order valence-electron chi connectivity index (χ0n) is 15.5. The highest BCUT2D eigenvalue weighted by Gasteiger charge is 2.16. The molecule has 4 nitrogen and oxygen atoms in total. The van der Waals surface area contributed by atoms with Crippen molar-refractivity contribution in [3.8, 4) is 0 Å². The lowest BCUT2D eigenvalue weighted by atomic mass is 10.0. The average Bonchev–Trinajstić information content (AvgIpc) is 2.61. The Hall–Kier alpha value is -2.17. The summed E-state index contributed by atoms with van der Waals surface area (Å²) < 4.78 is 0. The number of likely N-dealkylation sites (N-methyl/N-ethyl adjacent to an activating group) is 1. The quantitative estimate of drug-likeness (QED) is 0.712. The normalized spacial score (nSPS) is 12.0. The Morgan fingerprint density at radius 1 is 1.04 bits per heavy atom. The van der Waals surface area contributed by atoms with E-state index in [9.17, 15) is 9.59 Å². The summed E-state index contributed by atoms with van der Waals surface area (Å²) >= 11 is 6.02. The molecule has 1 N–H and O–H groups in total. The Bertz CT molecular complexity index is 757. The number of carbonyl (C=O) groups is 2. The monoisotopic (exact) mass is 372 g/mol. The van der Waals surface area contributed by atoms with Crippen LogP contribution in [0.5, 0.6) is 0 Å². The number of aryl methyl sites for hydroxylation is 1. The van der Waals surface area contributed by atoms with Gasteiger partial charge in [0.05, 0.1) is 11.1 Å². The highest BCUT2D eigenvalue weighted by Crippen LogP contribution is 2.19. The molecule has 1 atom stereocenters. The molecule has 0 fully saturated rings. The Morgan fingerprint density at radius 3 is 2.31 bits per heavy atom. The van der Waals surface area contributed by atoms with E-state index in [0.717, 1.165) is 5.56 Å². The summed E-state index contributed by atoms with van der Waals surface area (Å²) in [7, 11) is 3.97. The number of benzene rings is 2. The summed E-state index contributed by atoms with van der Waals surface area (Å²) in [4.78, 5) is 26.4. The smallest absolute Gasteiger partial charge is 0.220 e. The lowest BCUT2D eigenvalue weighted by Crippen LogP contribution is -2.34. The van der Waals surface area contributed by atoms with Crippen molar-refractivity contribution in [2.75, 3.05) is 20.6 Å². The minimum atomic E-state index is -0.135. The van der Waals surface area contributed by atoms with Gasteiger partial charge in [-0.25, -0.2) is 0 Å². The predicted molar refractivity (Wildman–Crippen MR) is 106 cm³/mol. The molecule has 2 rings (SSSR count). The standard InChI is InChI=1S/C21H25ClN2O2/c1-15-8-10-16(11-9-15)19(24(2)3)14-23-21(26)13-12-20(25)17-6-4-5-7-18(17)22/h4-11,19H,12-14H2,1-3H3,(H,23,26). The van der Waals surface area contributed by atoms with Gasteiger partial charge in [-0.3, -0.25) is 9.59 Å². The van der Waals surface area contributed by atoms with Crippen LogP contribution in [0.15, 0.2) is 48.5 Å². The van der Waals surface area contributed by atoms with Gasteiger partial charge in [-0.2, -0.15) is 0 Å². The largest absolute Gasteiger partial charge is 0.354 e. The molecule has 0 spiro atoms. The Labute approximate surface area is 160 Å². The second-order valence-corrected chi connectivity index (χ2v) is 7.00. The van der Waals surface area contributed by atoms with Crippen LogP contribution in [0, 0.1) is 6.92 Å². The summed E-state index contributed by atoms with van der Waals surface area (Å²) in [5, 5.41) is 3.35. The van der Waals surface area contributed by atoms with E-state index in [1.54, 1.807) is 24.3 Å². The van der Waals surface area contributed by atoms with Crippen LogP contribution in [0.3, 0.4) is 0 Å². The van der Waals surface area contributed by atoms with Crippen LogP contribution in [0.25, 0.3) is 0 Å². The summed E-state index contributed by atoms with van der Waals surface area (Å²) in [5.41, 5.74) is 2.81. The molecular weight excluding hydrogens is 348 g/mol. The average molecular weight is 373 g/mol. The fraction of sp³-hybridized carbons (Fsp3) is 0.333. The Kier molecular flexibility index (Phi) is 7.37. The molecule has 0 aliphatic carbocycles. The number of rotatable bonds is 8. The Balaban J connectivity index is 1.87. The van der Waals surface area contributed by atoms with Gasteiger partial charge in [0.2, 0.25) is 5.91 Å². The van der Waals surface area contributed by atoms with Crippen molar-refractivity contribution in [2.24, 2.45) is 0 Å². The number of halogens is 1. The zero-order chi connectivity index (χ0) is 19.1. The number of hydrogen-bond acceptors (Lipinski definition) is 3. The van der Waals surface area contributed by atoms with Crippen LogP contribution in [-0.4, -0.2) is 37.2 Å². The van der Waals surface area contributed by atoms with Gasteiger partial charge in [-0.1, -0.05) is 53.6 Å². The van der Waals surface area contributed by atoms with Gasteiger partial charge in [0, 0.05) is 24.9 Å². The molecule has 0 heterocycles. The van der Waals surface area contributed by atoms with Crippen molar-refractivity contribution in [1.82, 2.24) is 10.2 Å². The van der Waals surface area contributed by atoms with Crippen LogP contribution >= 0.6 is 11.6 Å². The maximum atomic E-state index is 12.2. The first kappa shape index (κ1) is 20.1. The third-order valence-electron chi connectivity index (χ3n) is 4.33. The zero-order valence-corrected chi connectivity index (χ0v) is 16.2. The summed E-state index contributed by atoms with van der Waals surface area (Å²) in [5.74, 6) is -0.252. The number of hydrogen-bond donors (Lipinski definition) is 1. The van der Waals surface area contributed by atoms with Crippen LogP contribution in [0.1, 0.15) is 40.4 Å². The molecule has 5 heteroatoms. The maximum Gasteiger partial charge on any atom is 0.220 e. The highest BCUT2D eigenvalue weighted by atomic mass is 35.5. The van der Waals surface area contributed by atoms with Gasteiger partial charge in [0.15, 0.2) is 5.78 Å². The third kappa shape index (κ3) is 5.68. The summed E-state index contributed by atoms with van der Waals surface area (Å²) in [6.07, 6.45) is 0.296. The van der Waals surface area contributed by atoms with Crippen molar-refractivity contribution in [2.45, 2.75) is 25.8 Å². The molecule has 2 aromatic carbocycles. The maximum absolute atomic E-state index is 12.2. The third-order valence-corrected chi connectivity index (χ3v) is 4.66. The van der Waals surface area contributed by atoms with Gasteiger partial charge in [-0.05, 0) is 38.7 Å². The Morgan fingerprint density at radius 2 is 1.69 bits per heavy atom. The minimum absolute atomic E-state index is 0.0822. The molecule has 0 saturated heterocycles. The second kappa shape index (κ2) is 9.51. The molecule has 1 amide bonds. The molecule has 0 saturated carbocycles. The lowest BCUT2D eigenvalue weighted by Gasteiger charge is -2.25. The number of Topliss-reactive ketones (excluding diaryl/α,β-unsaturated/α-hetero) is 1. The van der Waals surface area contributed by atoms with E-state index in [2.05, 4.69) is 34.5 Å². The minimum Gasteiger partial charge on any atom is -0.354 e. The van der Waals surface area contributed by atoms with E-state index in [-0.39, 0.29) is 30.6 Å². The molecule has 0 bridgehead atoms. The van der Waals surface area contributed by atoms with E-state index in [0.29, 0.717) is 17.1 Å². The van der Waals surface area contributed by atoms with Gasteiger partial charge in [0.25, 0.3) is 0 Å². The van der Waals surface area contributed by atoms with Crippen LogP contribution in [0.2, 0.25) is 5.02 Å². The summed E-state index contributed by atoms with van der Waals surface area (Å²) in [6.45, 7) is 2.54. The van der Waals surface area contributed by atoms with Gasteiger partial charge >= 0.3 is 0 Å². The number of nitrogens with one attached hydrogen (secondary N) is 1. The van der Waals surface area contributed by atoms with Gasteiger partial charge in [0.1, 0.15) is 0 Å². The number of ketones is 1. The fourth-order valence-electron chi connectivity index (χ4n) is 2.74. The van der Waals surface area contributed by atoms with Crippen molar-refractivity contribution >= 4 is 23.3 Å². The molecule has 0 aliphatic rings. The molecular formula is C21H25ClN2O2. The van der Waals surface area contributed by atoms with Crippen molar-refractivity contribution in [3.63, 3.8) is 0 Å². The van der Waals surface area contributed by atoms with E-state index < -0.39 is 0 Å². The number of carbonyl (C=O) groups excluding carboxylic acids is 2. The van der Waals surface area contributed by atoms with Crippen molar-refractivity contribution < 1.29 is 9.59 Å². The van der Waals surface area contributed by atoms with E-state index in [1.165, 1.54) is 5.56 Å². The lowest BCUT2D eigenvalue weighted by molar-refractivity contribution is -0.121. The SMILES string of the molecule is Cc1ccc(C(CNC(=O)CCC(=O)c2ccccc2Cl)N(C)C)cc1. The molecule has 0 radical (unpaired) electrons. The number of amides is 1. The predicted octanol–water partition coefficient (Wildman–Crippen LogP) is 4.03. The van der Waals surface area contributed by atoms with Crippen LogP contribution < -0.4 is 5.32 Å². The van der Waals surface area contributed by atoms with Gasteiger partial charge < -0.3 is 10.2 Å². The second-order valence-electron chi connectivity index (χ2n) is 6.60. The van der Waals surface area contributed by atoms with E-state index in [4.69, 9.17) is 11.6 Å². The van der Waals surface area contributed by atoms with Crippen molar-refractivity contribution in [3.05, 3.63) is 70.2 Å². The first-order valence-electron chi connectivity index (χ1n) is 8.66. The van der Waals surface area contributed by atoms with Crippen LogP contribution in [-0.2, 0) is 4.79 Å². The first-order valence-corrected chi connectivity index (χ1v) is 9.03. The number of nitrogens with zero attached hydrogens (tertiary/aromatic N) is 1. The van der Waals surface area contributed by atoms with E-state index >= 15 is 0 Å². The molecule has 138 valence electrons. The van der Waals surface area contributed by atoms with E-state index in [1.807, 2.05) is 21.0 Å². The summed E-state index contributed by atoms with van der Waals surface area (Å²) in [6, 6.07) is 15.3. The molecule has 1 unspecified atom stereocenters.